The molecule has 1 fully saturated rings. The summed E-state index contributed by atoms with van der Waals surface area (Å²) in [7, 11) is 1.71. The molecule has 1 aliphatic rings. The van der Waals surface area contributed by atoms with Crippen molar-refractivity contribution in [2.45, 2.75) is 6.04 Å². The van der Waals surface area contributed by atoms with Crippen molar-refractivity contribution in [1.82, 2.24) is 4.90 Å². The summed E-state index contributed by atoms with van der Waals surface area (Å²) in [5, 5.41) is 11.8. The fraction of sp³-hybridized carbons (Fsp3) is 0.333. The zero-order valence-corrected chi connectivity index (χ0v) is 18.1. The van der Waals surface area contributed by atoms with Gasteiger partial charge >= 0.3 is 0 Å². The van der Waals surface area contributed by atoms with Gasteiger partial charge in [-0.3, -0.25) is 4.90 Å². The molecule has 0 amide bonds. The van der Waals surface area contributed by atoms with Crippen LogP contribution in [0.2, 0.25) is 0 Å². The van der Waals surface area contributed by atoms with Gasteiger partial charge in [0, 0.05) is 31.6 Å². The summed E-state index contributed by atoms with van der Waals surface area (Å²) < 4.78 is 11.9. The van der Waals surface area contributed by atoms with Crippen molar-refractivity contribution in [2.75, 3.05) is 51.4 Å². The van der Waals surface area contributed by atoms with Crippen molar-refractivity contribution in [3.63, 3.8) is 0 Å². The van der Waals surface area contributed by atoms with Crippen LogP contribution < -0.4 is 14.4 Å². The van der Waals surface area contributed by atoms with Crippen LogP contribution >= 0.6 is 12.4 Å². The first-order chi connectivity index (χ1) is 14.3. The normalized spacial score (nSPS) is 16.9. The van der Waals surface area contributed by atoms with Crippen LogP contribution in [0.15, 0.2) is 66.7 Å². The SMILES string of the molecule is COc1ccccc1N1CCN(CCO)C(COc2cccc3ccccc23)C1.Cl. The van der Waals surface area contributed by atoms with Gasteiger partial charge in [-0.15, -0.1) is 12.4 Å². The highest BCUT2D eigenvalue weighted by molar-refractivity contribution is 5.88. The molecule has 1 N–H and O–H groups in total. The summed E-state index contributed by atoms with van der Waals surface area (Å²) >= 11 is 0. The van der Waals surface area contributed by atoms with E-state index in [4.69, 9.17) is 9.47 Å². The quantitative estimate of drug-likeness (QED) is 0.619. The largest absolute Gasteiger partial charge is 0.495 e. The minimum Gasteiger partial charge on any atom is -0.495 e. The first kappa shape index (κ1) is 22.2. The number of aliphatic hydroxyl groups is 1. The van der Waals surface area contributed by atoms with Gasteiger partial charge in [0.2, 0.25) is 0 Å². The van der Waals surface area contributed by atoms with Gasteiger partial charge in [-0.25, -0.2) is 0 Å². The monoisotopic (exact) mass is 428 g/mol. The number of halogens is 1. The van der Waals surface area contributed by atoms with Crippen molar-refractivity contribution < 1.29 is 14.6 Å². The molecule has 1 heterocycles. The van der Waals surface area contributed by atoms with Gasteiger partial charge in [0.15, 0.2) is 0 Å². The lowest BCUT2D eigenvalue weighted by molar-refractivity contribution is 0.100. The summed E-state index contributed by atoms with van der Waals surface area (Å²) in [6.07, 6.45) is 0. The van der Waals surface area contributed by atoms with Gasteiger partial charge in [0.25, 0.3) is 0 Å². The number of piperazine rings is 1. The van der Waals surface area contributed by atoms with Crippen LogP contribution in [0.4, 0.5) is 5.69 Å². The van der Waals surface area contributed by atoms with E-state index in [2.05, 4.69) is 34.1 Å². The molecule has 4 rings (SSSR count). The Morgan fingerprint density at radius 3 is 2.50 bits per heavy atom. The highest BCUT2D eigenvalue weighted by Crippen LogP contribution is 2.30. The number of fused-ring (bicyclic) bond motifs is 1. The standard InChI is InChI=1S/C24H28N2O3.ClH/c1-28-24-11-5-4-10-22(24)26-14-13-25(15-16-27)20(17-26)18-29-23-12-6-8-19-7-2-3-9-21(19)23;/h2-12,20,27H,13-18H2,1H3;1H. The molecule has 0 spiro atoms. The molecule has 0 radical (unpaired) electrons. The number of ether oxygens (including phenoxy) is 2. The molecule has 5 nitrogen and oxygen atoms in total. The number of benzene rings is 3. The lowest BCUT2D eigenvalue weighted by atomic mass is 10.1. The molecule has 1 saturated heterocycles. The second-order valence-electron chi connectivity index (χ2n) is 7.32. The molecule has 3 aromatic rings. The number of β-amino-alcohol motifs (C(OH)–C–C–N with tert-alkyl or cyclic N) is 1. The van der Waals surface area contributed by atoms with E-state index in [1.165, 1.54) is 5.39 Å². The summed E-state index contributed by atoms with van der Waals surface area (Å²) in [6, 6.07) is 22.8. The Morgan fingerprint density at radius 1 is 0.933 bits per heavy atom. The first-order valence-corrected chi connectivity index (χ1v) is 10.1. The van der Waals surface area contributed by atoms with Crippen LogP contribution in [0.5, 0.6) is 11.5 Å². The van der Waals surface area contributed by atoms with E-state index < -0.39 is 0 Å². The predicted molar refractivity (Wildman–Crippen MR) is 124 cm³/mol. The van der Waals surface area contributed by atoms with Crippen LogP contribution in [-0.4, -0.2) is 62.6 Å². The Hall–Kier alpha value is -2.47. The number of anilines is 1. The van der Waals surface area contributed by atoms with Gasteiger partial charge in [0.05, 0.1) is 25.4 Å². The second kappa shape index (κ2) is 10.5. The minimum absolute atomic E-state index is 0. The number of para-hydroxylation sites is 2. The molecule has 160 valence electrons. The zero-order valence-electron chi connectivity index (χ0n) is 17.2. The topological polar surface area (TPSA) is 45.2 Å². The van der Waals surface area contributed by atoms with E-state index in [0.717, 1.165) is 42.2 Å². The zero-order chi connectivity index (χ0) is 20.1. The van der Waals surface area contributed by atoms with Gasteiger partial charge in [-0.1, -0.05) is 48.5 Å². The van der Waals surface area contributed by atoms with Crippen LogP contribution in [0.25, 0.3) is 10.8 Å². The second-order valence-corrected chi connectivity index (χ2v) is 7.32. The molecule has 30 heavy (non-hydrogen) atoms. The van der Waals surface area contributed by atoms with Crippen molar-refractivity contribution >= 4 is 28.9 Å². The van der Waals surface area contributed by atoms with Gasteiger partial charge in [0.1, 0.15) is 18.1 Å². The average Bonchev–Trinajstić information content (AvgIpc) is 2.78. The Kier molecular flexibility index (Phi) is 7.80. The molecular formula is C24H29ClN2O3. The Balaban J connectivity index is 0.00000256. The number of hydrogen-bond acceptors (Lipinski definition) is 5. The Bertz CT molecular complexity index is 947. The smallest absolute Gasteiger partial charge is 0.142 e. The maximum atomic E-state index is 9.51. The molecule has 0 aliphatic carbocycles. The number of aliphatic hydroxyl groups excluding tert-OH is 1. The van der Waals surface area contributed by atoms with E-state index in [-0.39, 0.29) is 25.1 Å². The lowest BCUT2D eigenvalue weighted by Crippen LogP contribution is -2.56. The van der Waals surface area contributed by atoms with Crippen molar-refractivity contribution in [3.8, 4) is 11.5 Å². The van der Waals surface area contributed by atoms with Gasteiger partial charge < -0.3 is 19.5 Å². The highest BCUT2D eigenvalue weighted by atomic mass is 35.5. The molecule has 3 aromatic carbocycles. The third-order valence-electron chi connectivity index (χ3n) is 5.60. The maximum absolute atomic E-state index is 9.51. The fourth-order valence-electron chi connectivity index (χ4n) is 4.09. The molecule has 1 aliphatic heterocycles. The third-order valence-corrected chi connectivity index (χ3v) is 5.60. The molecule has 1 unspecified atom stereocenters. The van der Waals surface area contributed by atoms with Crippen molar-refractivity contribution in [1.29, 1.82) is 0 Å². The molecule has 6 heteroatoms. The minimum atomic E-state index is 0. The fourth-order valence-corrected chi connectivity index (χ4v) is 4.09. The third kappa shape index (κ3) is 4.81. The van der Waals surface area contributed by atoms with Crippen molar-refractivity contribution in [2.24, 2.45) is 0 Å². The van der Waals surface area contributed by atoms with Crippen LogP contribution in [0, 0.1) is 0 Å². The van der Waals surface area contributed by atoms with E-state index in [0.29, 0.717) is 13.2 Å². The van der Waals surface area contributed by atoms with E-state index in [1.54, 1.807) is 7.11 Å². The summed E-state index contributed by atoms with van der Waals surface area (Å²) in [5.41, 5.74) is 1.11. The Morgan fingerprint density at radius 2 is 1.67 bits per heavy atom. The van der Waals surface area contributed by atoms with Gasteiger partial charge in [-0.05, 0) is 23.6 Å². The number of methoxy groups -OCH3 is 1. The first-order valence-electron chi connectivity index (χ1n) is 10.1. The predicted octanol–water partition coefficient (Wildman–Crippen LogP) is 3.83. The Labute approximate surface area is 184 Å². The number of rotatable bonds is 7. The van der Waals surface area contributed by atoms with Gasteiger partial charge in [-0.2, -0.15) is 0 Å². The lowest BCUT2D eigenvalue weighted by Gasteiger charge is -2.42. The maximum Gasteiger partial charge on any atom is 0.142 e. The molecular weight excluding hydrogens is 400 g/mol. The summed E-state index contributed by atoms with van der Waals surface area (Å²) in [5.74, 6) is 1.79. The van der Waals surface area contributed by atoms with Crippen molar-refractivity contribution in [3.05, 3.63) is 66.7 Å². The van der Waals surface area contributed by atoms with E-state index in [1.807, 2.05) is 42.5 Å². The summed E-state index contributed by atoms with van der Waals surface area (Å²) in [6.45, 7) is 3.97. The molecule has 0 aromatic heterocycles. The summed E-state index contributed by atoms with van der Waals surface area (Å²) in [4.78, 5) is 4.67. The molecule has 0 bridgehead atoms. The molecule has 0 saturated carbocycles. The highest BCUT2D eigenvalue weighted by Gasteiger charge is 2.28. The van der Waals surface area contributed by atoms with E-state index in [9.17, 15) is 5.11 Å². The van der Waals surface area contributed by atoms with E-state index >= 15 is 0 Å². The van der Waals surface area contributed by atoms with Crippen LogP contribution in [0.3, 0.4) is 0 Å². The number of nitrogens with zero attached hydrogens (tertiary/aromatic N) is 2. The van der Waals surface area contributed by atoms with Crippen LogP contribution in [-0.2, 0) is 0 Å². The number of hydrogen-bond donors (Lipinski definition) is 1. The average molecular weight is 429 g/mol. The molecule has 1 atom stereocenters. The van der Waals surface area contributed by atoms with Crippen LogP contribution in [0.1, 0.15) is 0 Å².